The van der Waals surface area contributed by atoms with Crippen LogP contribution >= 0.6 is 0 Å². The molecule has 2 fully saturated rings. The Morgan fingerprint density at radius 2 is 1.83 bits per heavy atom. The molecule has 3 aliphatic heterocycles. The van der Waals surface area contributed by atoms with E-state index in [4.69, 9.17) is 13.7 Å². The third-order valence-corrected chi connectivity index (χ3v) is 8.64. The van der Waals surface area contributed by atoms with Gasteiger partial charge >= 0.3 is 0 Å². The van der Waals surface area contributed by atoms with Gasteiger partial charge in [-0.05, 0) is 36.6 Å². The van der Waals surface area contributed by atoms with Crippen LogP contribution in [0.2, 0.25) is 0 Å². The molecule has 4 aliphatic rings. The lowest BCUT2D eigenvalue weighted by Gasteiger charge is -2.45. The highest BCUT2D eigenvalue weighted by Crippen LogP contribution is 2.60. The molecule has 1 spiro atoms. The maximum Gasteiger partial charge on any atom is 0.264 e. The van der Waals surface area contributed by atoms with Gasteiger partial charge in [0.15, 0.2) is 11.5 Å². The maximum absolute atomic E-state index is 13.1. The van der Waals surface area contributed by atoms with Gasteiger partial charge in [0.05, 0.1) is 12.9 Å². The van der Waals surface area contributed by atoms with Crippen LogP contribution in [0.4, 0.5) is 5.69 Å². The van der Waals surface area contributed by atoms with Crippen LogP contribution in [0.15, 0.2) is 42.5 Å². The molecular formula is C26H30N2O6S. The van der Waals surface area contributed by atoms with Crippen molar-refractivity contribution < 1.29 is 26.9 Å². The zero-order valence-corrected chi connectivity index (χ0v) is 20.6. The van der Waals surface area contributed by atoms with Gasteiger partial charge in [0.25, 0.3) is 10.1 Å². The van der Waals surface area contributed by atoms with Gasteiger partial charge in [0.2, 0.25) is 6.79 Å². The van der Waals surface area contributed by atoms with Gasteiger partial charge in [-0.3, -0.25) is 13.9 Å². The second-order valence-electron chi connectivity index (χ2n) is 10.0. The summed E-state index contributed by atoms with van der Waals surface area (Å²) in [6.07, 6.45) is 3.65. The number of carbonyl (C=O) groups excluding carboxylic acids is 1. The Bertz CT molecular complexity index is 1250. The largest absolute Gasteiger partial charge is 0.454 e. The quantitative estimate of drug-likeness (QED) is 0.426. The van der Waals surface area contributed by atoms with Crippen molar-refractivity contribution in [3.8, 4) is 11.5 Å². The van der Waals surface area contributed by atoms with Crippen molar-refractivity contribution in [2.45, 2.75) is 49.7 Å². The fourth-order valence-corrected chi connectivity index (χ4v) is 7.11. The molecule has 8 nitrogen and oxygen atoms in total. The second kappa shape index (κ2) is 8.50. The second-order valence-corrected chi connectivity index (χ2v) is 11.7. The number of likely N-dealkylation sites (tertiary alicyclic amines) is 1. The number of ketones is 1. The molecule has 2 aromatic rings. The Morgan fingerprint density at radius 1 is 1.09 bits per heavy atom. The monoisotopic (exact) mass is 498 g/mol. The number of benzene rings is 2. The van der Waals surface area contributed by atoms with Crippen LogP contribution in [0.5, 0.6) is 11.5 Å². The van der Waals surface area contributed by atoms with E-state index in [9.17, 15) is 13.2 Å². The molecule has 0 amide bonds. The SMILES string of the molecule is CS(=O)(=O)OCCCN1CC[C@]23c4cc5c(cc4N(Cc4ccccc4)[C@@H]2CC(=O)C[C@@H]13)OCO5. The predicted octanol–water partition coefficient (Wildman–Crippen LogP) is 2.85. The zero-order valence-electron chi connectivity index (χ0n) is 19.8. The van der Waals surface area contributed by atoms with Crippen molar-refractivity contribution in [2.75, 3.05) is 37.6 Å². The average molecular weight is 499 g/mol. The molecule has 0 radical (unpaired) electrons. The van der Waals surface area contributed by atoms with Crippen molar-refractivity contribution in [1.82, 2.24) is 4.90 Å². The Labute approximate surface area is 205 Å². The molecule has 3 heterocycles. The van der Waals surface area contributed by atoms with E-state index in [0.717, 1.165) is 43.0 Å². The third-order valence-electron chi connectivity index (χ3n) is 8.05. The highest BCUT2D eigenvalue weighted by atomic mass is 32.2. The minimum Gasteiger partial charge on any atom is -0.454 e. The van der Waals surface area contributed by atoms with E-state index in [1.165, 1.54) is 11.1 Å². The minimum absolute atomic E-state index is 0.0590. The lowest BCUT2D eigenvalue weighted by molar-refractivity contribution is -0.123. The molecule has 9 heteroatoms. The summed E-state index contributed by atoms with van der Waals surface area (Å²) in [5.41, 5.74) is 3.40. The van der Waals surface area contributed by atoms with Crippen molar-refractivity contribution in [2.24, 2.45) is 0 Å². The van der Waals surface area contributed by atoms with Crippen LogP contribution in [-0.4, -0.2) is 63.9 Å². The van der Waals surface area contributed by atoms with Crippen molar-refractivity contribution in [3.05, 3.63) is 53.6 Å². The topological polar surface area (TPSA) is 85.4 Å². The van der Waals surface area contributed by atoms with Crippen molar-refractivity contribution in [1.29, 1.82) is 0 Å². The summed E-state index contributed by atoms with van der Waals surface area (Å²) >= 11 is 0. The average Bonchev–Trinajstić information content (AvgIpc) is 3.49. The highest BCUT2D eigenvalue weighted by Gasteiger charge is 2.62. The fourth-order valence-electron chi connectivity index (χ4n) is 6.69. The summed E-state index contributed by atoms with van der Waals surface area (Å²) in [5.74, 6) is 1.81. The van der Waals surface area contributed by atoms with Gasteiger partial charge in [-0.25, -0.2) is 0 Å². The van der Waals surface area contributed by atoms with Crippen LogP contribution in [0.3, 0.4) is 0 Å². The van der Waals surface area contributed by atoms with Crippen LogP contribution < -0.4 is 14.4 Å². The Balaban J connectivity index is 1.36. The number of hydrogen-bond acceptors (Lipinski definition) is 8. The van der Waals surface area contributed by atoms with E-state index < -0.39 is 10.1 Å². The van der Waals surface area contributed by atoms with Crippen LogP contribution in [-0.2, 0) is 31.1 Å². The first-order valence-electron chi connectivity index (χ1n) is 12.2. The Morgan fingerprint density at radius 3 is 2.60 bits per heavy atom. The molecule has 0 N–H and O–H groups in total. The van der Waals surface area contributed by atoms with Gasteiger partial charge in [0, 0.05) is 55.2 Å². The molecule has 0 bridgehead atoms. The van der Waals surface area contributed by atoms with E-state index in [1.807, 2.05) is 18.2 Å². The number of fused-ring (bicyclic) bond motifs is 2. The third kappa shape index (κ3) is 3.90. The molecule has 1 aliphatic carbocycles. The van der Waals surface area contributed by atoms with Crippen LogP contribution in [0.25, 0.3) is 0 Å². The number of nitrogens with zero attached hydrogens (tertiary/aromatic N) is 2. The van der Waals surface area contributed by atoms with Gasteiger partial charge in [-0.15, -0.1) is 0 Å². The molecule has 2 aromatic carbocycles. The lowest BCUT2D eigenvalue weighted by Crippen LogP contribution is -2.57. The first-order chi connectivity index (χ1) is 16.8. The van der Waals surface area contributed by atoms with Gasteiger partial charge < -0.3 is 14.4 Å². The summed E-state index contributed by atoms with van der Waals surface area (Å²) in [4.78, 5) is 17.9. The van der Waals surface area contributed by atoms with Gasteiger partial charge in [-0.2, -0.15) is 8.42 Å². The van der Waals surface area contributed by atoms with E-state index in [2.05, 4.69) is 34.1 Å². The van der Waals surface area contributed by atoms with Crippen LogP contribution in [0, 0.1) is 0 Å². The maximum atomic E-state index is 13.1. The molecule has 35 heavy (non-hydrogen) atoms. The summed E-state index contributed by atoms with van der Waals surface area (Å²) in [6, 6.07) is 14.7. The van der Waals surface area contributed by atoms with Gasteiger partial charge in [-0.1, -0.05) is 30.3 Å². The zero-order chi connectivity index (χ0) is 24.2. The fraction of sp³-hybridized carbons (Fsp3) is 0.500. The molecule has 0 aromatic heterocycles. The summed E-state index contributed by atoms with van der Waals surface area (Å²) in [7, 11) is -3.46. The number of carbonyl (C=O) groups is 1. The van der Waals surface area contributed by atoms with Crippen LogP contribution in [0.1, 0.15) is 36.8 Å². The number of ether oxygens (including phenoxy) is 2. The normalized spacial score (nSPS) is 27.1. The first kappa shape index (κ1) is 22.8. The predicted molar refractivity (Wildman–Crippen MR) is 130 cm³/mol. The van der Waals surface area contributed by atoms with Crippen molar-refractivity contribution >= 4 is 21.6 Å². The van der Waals surface area contributed by atoms with E-state index in [0.29, 0.717) is 25.8 Å². The van der Waals surface area contributed by atoms with Gasteiger partial charge in [0.1, 0.15) is 5.78 Å². The Kier molecular flexibility index (Phi) is 5.54. The first-order valence-corrected chi connectivity index (χ1v) is 14.0. The number of Topliss-reactive ketones (excluding diaryl/α,β-unsaturated/α-hetero) is 1. The lowest BCUT2D eigenvalue weighted by atomic mass is 9.64. The summed E-state index contributed by atoms with van der Waals surface area (Å²) in [5, 5.41) is 0. The number of rotatable bonds is 7. The molecule has 186 valence electrons. The Hall–Kier alpha value is -2.62. The summed E-state index contributed by atoms with van der Waals surface area (Å²) < 4.78 is 39.2. The van der Waals surface area contributed by atoms with E-state index >= 15 is 0 Å². The smallest absolute Gasteiger partial charge is 0.264 e. The minimum atomic E-state index is -3.46. The molecule has 3 atom stereocenters. The standard InChI is InChI=1S/C26H30N2O6S/c1-35(30,31)34-11-5-9-27-10-8-26-20-14-22-23(33-17-32-22)15-21(20)28(16-18-6-3-2-4-7-18)25(26)13-19(29)12-24(26)27/h2-4,6-7,14-15,24-25H,5,8-13,16-17H2,1H3/t24-,25-,26-/m1/s1. The number of anilines is 1. The molecule has 1 saturated heterocycles. The molecule has 0 unspecified atom stereocenters. The van der Waals surface area contributed by atoms with E-state index in [-0.39, 0.29) is 36.7 Å². The number of hydrogen-bond donors (Lipinski definition) is 0. The van der Waals surface area contributed by atoms with E-state index in [1.54, 1.807) is 0 Å². The molecular weight excluding hydrogens is 468 g/mol. The molecule has 6 rings (SSSR count). The van der Waals surface area contributed by atoms with Crippen molar-refractivity contribution in [3.63, 3.8) is 0 Å². The highest BCUT2D eigenvalue weighted by molar-refractivity contribution is 7.85. The summed E-state index contributed by atoms with van der Waals surface area (Å²) in [6.45, 7) is 2.66. The molecule has 1 saturated carbocycles.